The highest BCUT2D eigenvalue weighted by Gasteiger charge is 2.20. The summed E-state index contributed by atoms with van der Waals surface area (Å²) in [5, 5.41) is 3.23. The molecular formula is C15H16BrF2NS. The number of hydrogen-bond acceptors (Lipinski definition) is 2. The minimum atomic E-state index is -0.448. The average molecular weight is 360 g/mol. The summed E-state index contributed by atoms with van der Waals surface area (Å²) >= 11 is 4.64. The maximum absolute atomic E-state index is 14.1. The Morgan fingerprint density at radius 3 is 2.55 bits per heavy atom. The molecule has 1 heterocycles. The molecule has 20 heavy (non-hydrogen) atoms. The monoisotopic (exact) mass is 359 g/mol. The molecule has 0 saturated heterocycles. The van der Waals surface area contributed by atoms with Crippen LogP contribution in [0.5, 0.6) is 0 Å². The van der Waals surface area contributed by atoms with Crippen LogP contribution in [0, 0.1) is 11.6 Å². The molecule has 0 aliphatic heterocycles. The number of rotatable bonds is 5. The molecule has 5 heteroatoms. The third-order valence-electron chi connectivity index (χ3n) is 3.07. The van der Waals surface area contributed by atoms with Gasteiger partial charge in [-0.25, -0.2) is 8.78 Å². The standard InChI is InChI=1S/C15H16BrF2NS/c1-3-9-5-6-14(20-9)15(19-4-2)10-7-13(18)11(16)8-12(10)17/h5-8,15,19H,3-4H2,1-2H3. The number of nitrogens with one attached hydrogen (secondary N) is 1. The molecule has 2 rings (SSSR count). The topological polar surface area (TPSA) is 12.0 Å². The summed E-state index contributed by atoms with van der Waals surface area (Å²) in [4.78, 5) is 2.24. The first-order chi connectivity index (χ1) is 9.56. The van der Waals surface area contributed by atoms with Crippen LogP contribution in [-0.2, 0) is 6.42 Å². The number of hydrogen-bond donors (Lipinski definition) is 1. The number of halogens is 3. The van der Waals surface area contributed by atoms with Crippen LogP contribution in [0.15, 0.2) is 28.7 Å². The molecule has 0 amide bonds. The molecule has 0 aliphatic carbocycles. The Hall–Kier alpha value is -0.780. The molecule has 0 fully saturated rings. The summed E-state index contributed by atoms with van der Waals surface area (Å²) in [5.74, 6) is -0.854. The fourth-order valence-corrected chi connectivity index (χ4v) is 3.43. The van der Waals surface area contributed by atoms with E-state index < -0.39 is 11.6 Å². The second kappa shape index (κ2) is 6.78. The summed E-state index contributed by atoms with van der Waals surface area (Å²) in [6.45, 7) is 4.72. The third kappa shape index (κ3) is 3.27. The van der Waals surface area contributed by atoms with Gasteiger partial charge >= 0.3 is 0 Å². The van der Waals surface area contributed by atoms with Gasteiger partial charge in [-0.15, -0.1) is 11.3 Å². The van der Waals surface area contributed by atoms with Gasteiger partial charge in [0.15, 0.2) is 0 Å². The van der Waals surface area contributed by atoms with Crippen LogP contribution in [0.1, 0.15) is 35.2 Å². The van der Waals surface area contributed by atoms with Crippen LogP contribution in [0.2, 0.25) is 0 Å². The van der Waals surface area contributed by atoms with Gasteiger partial charge in [0.05, 0.1) is 10.5 Å². The van der Waals surface area contributed by atoms with E-state index in [0.29, 0.717) is 12.1 Å². The third-order valence-corrected chi connectivity index (χ3v) is 4.98. The van der Waals surface area contributed by atoms with Gasteiger partial charge in [-0.1, -0.05) is 13.8 Å². The molecular weight excluding hydrogens is 344 g/mol. The van der Waals surface area contributed by atoms with Crippen LogP contribution >= 0.6 is 27.3 Å². The Morgan fingerprint density at radius 2 is 1.95 bits per heavy atom. The average Bonchev–Trinajstić information content (AvgIpc) is 2.89. The fraction of sp³-hybridized carbons (Fsp3) is 0.333. The molecule has 1 aromatic heterocycles. The molecule has 0 spiro atoms. The van der Waals surface area contributed by atoms with E-state index >= 15 is 0 Å². The minimum absolute atomic E-state index is 0.148. The van der Waals surface area contributed by atoms with E-state index in [1.54, 1.807) is 11.3 Å². The van der Waals surface area contributed by atoms with Crippen molar-refractivity contribution in [2.24, 2.45) is 0 Å². The molecule has 2 aromatic rings. The van der Waals surface area contributed by atoms with Crippen LogP contribution in [0.25, 0.3) is 0 Å². The number of thiophene rings is 1. The molecule has 1 atom stereocenters. The van der Waals surface area contributed by atoms with E-state index in [1.165, 1.54) is 17.0 Å². The van der Waals surface area contributed by atoms with Gasteiger partial charge in [-0.05, 0) is 53.2 Å². The Morgan fingerprint density at radius 1 is 1.20 bits per heavy atom. The highest BCUT2D eigenvalue weighted by Crippen LogP contribution is 2.32. The van der Waals surface area contributed by atoms with Crippen molar-refractivity contribution in [1.29, 1.82) is 0 Å². The number of benzene rings is 1. The smallest absolute Gasteiger partial charge is 0.137 e. The Kier molecular flexibility index (Phi) is 5.29. The van der Waals surface area contributed by atoms with Crippen molar-refractivity contribution in [2.45, 2.75) is 26.3 Å². The van der Waals surface area contributed by atoms with Crippen molar-refractivity contribution in [3.05, 3.63) is 55.7 Å². The van der Waals surface area contributed by atoms with E-state index in [-0.39, 0.29) is 10.5 Å². The maximum Gasteiger partial charge on any atom is 0.137 e. The maximum atomic E-state index is 14.1. The second-order valence-corrected chi connectivity index (χ2v) is 6.49. The lowest BCUT2D eigenvalue weighted by molar-refractivity contribution is 0.545. The fourth-order valence-electron chi connectivity index (χ4n) is 2.07. The molecule has 0 aliphatic rings. The van der Waals surface area contributed by atoms with Crippen LogP contribution in [0.4, 0.5) is 8.78 Å². The summed E-state index contributed by atoms with van der Waals surface area (Å²) < 4.78 is 28.0. The lowest BCUT2D eigenvalue weighted by Gasteiger charge is -2.18. The van der Waals surface area contributed by atoms with E-state index in [4.69, 9.17) is 0 Å². The van der Waals surface area contributed by atoms with Gasteiger partial charge in [0.1, 0.15) is 11.6 Å². The minimum Gasteiger partial charge on any atom is -0.306 e. The predicted molar refractivity (Wildman–Crippen MR) is 83.3 cm³/mol. The number of aryl methyl sites for hydroxylation is 1. The quantitative estimate of drug-likeness (QED) is 0.736. The predicted octanol–water partition coefficient (Wildman–Crippen LogP) is 5.05. The van der Waals surface area contributed by atoms with E-state index in [9.17, 15) is 8.78 Å². The molecule has 1 aromatic carbocycles. The molecule has 0 saturated carbocycles. The van der Waals surface area contributed by atoms with E-state index in [1.807, 2.05) is 19.1 Å². The Labute approximate surface area is 130 Å². The van der Waals surface area contributed by atoms with Gasteiger partial charge in [0.2, 0.25) is 0 Å². The second-order valence-electron chi connectivity index (χ2n) is 4.44. The highest BCUT2D eigenvalue weighted by atomic mass is 79.9. The van der Waals surface area contributed by atoms with Crippen molar-refractivity contribution in [3.63, 3.8) is 0 Å². The molecule has 0 bridgehead atoms. The lowest BCUT2D eigenvalue weighted by atomic mass is 10.0. The molecule has 0 radical (unpaired) electrons. The zero-order valence-corrected chi connectivity index (χ0v) is 13.7. The first-order valence-corrected chi connectivity index (χ1v) is 8.14. The van der Waals surface area contributed by atoms with Crippen molar-refractivity contribution in [1.82, 2.24) is 5.32 Å². The Balaban J connectivity index is 2.45. The van der Waals surface area contributed by atoms with E-state index in [0.717, 1.165) is 11.3 Å². The lowest BCUT2D eigenvalue weighted by Crippen LogP contribution is -2.22. The van der Waals surface area contributed by atoms with Crippen molar-refractivity contribution >= 4 is 27.3 Å². The highest BCUT2D eigenvalue weighted by molar-refractivity contribution is 9.10. The largest absolute Gasteiger partial charge is 0.306 e. The summed E-state index contributed by atoms with van der Waals surface area (Å²) in [7, 11) is 0. The SMILES string of the molecule is CCNC(c1ccc(CC)s1)c1cc(F)c(Br)cc1F. The first kappa shape index (κ1) is 15.6. The summed E-state index contributed by atoms with van der Waals surface area (Å²) in [6.07, 6.45) is 0.945. The zero-order valence-electron chi connectivity index (χ0n) is 11.3. The van der Waals surface area contributed by atoms with Crippen molar-refractivity contribution < 1.29 is 8.78 Å². The van der Waals surface area contributed by atoms with Crippen molar-refractivity contribution in [2.75, 3.05) is 6.54 Å². The molecule has 1 nitrogen and oxygen atoms in total. The summed E-state index contributed by atoms with van der Waals surface area (Å²) in [5.41, 5.74) is 0.344. The van der Waals surface area contributed by atoms with Gasteiger partial charge < -0.3 is 5.32 Å². The van der Waals surface area contributed by atoms with Gasteiger partial charge in [0, 0.05) is 15.3 Å². The van der Waals surface area contributed by atoms with Gasteiger partial charge in [0.25, 0.3) is 0 Å². The first-order valence-electron chi connectivity index (χ1n) is 6.53. The normalized spacial score (nSPS) is 12.7. The van der Waals surface area contributed by atoms with Gasteiger partial charge in [-0.2, -0.15) is 0 Å². The zero-order chi connectivity index (χ0) is 14.7. The molecule has 1 unspecified atom stereocenters. The van der Waals surface area contributed by atoms with E-state index in [2.05, 4.69) is 28.2 Å². The van der Waals surface area contributed by atoms with Crippen LogP contribution < -0.4 is 5.32 Å². The molecule has 108 valence electrons. The van der Waals surface area contributed by atoms with Crippen LogP contribution in [0.3, 0.4) is 0 Å². The van der Waals surface area contributed by atoms with Gasteiger partial charge in [-0.3, -0.25) is 0 Å². The van der Waals surface area contributed by atoms with Crippen molar-refractivity contribution in [3.8, 4) is 0 Å². The molecule has 1 N–H and O–H groups in total. The Bertz CT molecular complexity index is 598. The summed E-state index contributed by atoms with van der Waals surface area (Å²) in [6, 6.07) is 6.16. The van der Waals surface area contributed by atoms with Crippen LogP contribution in [-0.4, -0.2) is 6.54 Å².